The lowest BCUT2D eigenvalue weighted by molar-refractivity contribution is -0.158. The molecule has 0 radical (unpaired) electrons. The monoisotopic (exact) mass is 611 g/mol. The molecule has 2 aromatic rings. The van der Waals surface area contributed by atoms with Crippen LogP contribution in [-0.2, 0) is 23.9 Å². The minimum absolute atomic E-state index is 0.00364. The zero-order valence-electron chi connectivity index (χ0n) is 25.3. The zero-order chi connectivity index (χ0) is 32.2. The van der Waals surface area contributed by atoms with E-state index in [9.17, 15) is 34.5 Å². The Bertz CT molecular complexity index is 1330. The van der Waals surface area contributed by atoms with Crippen LogP contribution in [0, 0.1) is 5.92 Å². The molecule has 1 saturated carbocycles. The summed E-state index contributed by atoms with van der Waals surface area (Å²) in [6.45, 7) is 5.72. The molecule has 3 amide bonds. The molecule has 4 rings (SSSR count). The van der Waals surface area contributed by atoms with Crippen LogP contribution in [0.15, 0.2) is 48.5 Å². The van der Waals surface area contributed by atoms with Gasteiger partial charge in [0.15, 0.2) is 0 Å². The fourth-order valence-corrected chi connectivity index (χ4v) is 5.89. The first kappa shape index (κ1) is 32.9. The molecular weight excluding hydrogens is 570 g/mol. The van der Waals surface area contributed by atoms with Gasteiger partial charge >= 0.3 is 12.1 Å². The van der Waals surface area contributed by atoms with Gasteiger partial charge in [-0.25, -0.2) is 9.59 Å². The highest BCUT2D eigenvalue weighted by Crippen LogP contribution is 2.44. The number of benzene rings is 2. The molecule has 238 valence electrons. The normalized spacial score (nSPS) is 23.5. The third-order valence-corrected chi connectivity index (χ3v) is 7.86. The highest BCUT2D eigenvalue weighted by molar-refractivity contribution is 5.88. The third-order valence-electron chi connectivity index (χ3n) is 7.86. The van der Waals surface area contributed by atoms with Gasteiger partial charge in [-0.2, -0.15) is 0 Å². The van der Waals surface area contributed by atoms with Crippen LogP contribution in [-0.4, -0.2) is 88.3 Å². The van der Waals surface area contributed by atoms with Crippen molar-refractivity contribution in [1.82, 2.24) is 16.0 Å². The second-order valence-electron chi connectivity index (χ2n) is 12.3. The lowest BCUT2D eigenvalue weighted by atomic mass is 9.78. The maximum atomic E-state index is 13.2. The van der Waals surface area contributed by atoms with Crippen molar-refractivity contribution in [3.05, 3.63) is 59.7 Å². The zero-order valence-corrected chi connectivity index (χ0v) is 25.3. The standard InChI is InChI=1S/C32H41N3O9/c1-17(37)33-27-24(13-18(15-36)28(39)29(27)40)34-26(38)14-25(30(41)44-32(2,3)4)35-31(42)43-16-23-21-11-7-5-9-19(21)20-10-6-8-12-22(20)23/h5-12,18,23-25,27-29,36,39-40H,13-16H2,1-4H3,(H,33,37)(H,34,38)(H,35,42)/t18?,24?,25-,27?,28?,29?/m0/s1. The second-order valence-corrected chi connectivity index (χ2v) is 12.3. The molecule has 1 fully saturated rings. The molecule has 0 aromatic heterocycles. The van der Waals surface area contributed by atoms with Crippen LogP contribution in [0.1, 0.15) is 57.6 Å². The maximum Gasteiger partial charge on any atom is 0.407 e. The van der Waals surface area contributed by atoms with Crippen LogP contribution in [0.3, 0.4) is 0 Å². The van der Waals surface area contributed by atoms with Crippen LogP contribution >= 0.6 is 0 Å². The Morgan fingerprint density at radius 2 is 1.52 bits per heavy atom. The van der Waals surface area contributed by atoms with Crippen molar-refractivity contribution in [3.63, 3.8) is 0 Å². The first-order valence-corrected chi connectivity index (χ1v) is 14.7. The van der Waals surface area contributed by atoms with E-state index in [4.69, 9.17) is 9.47 Å². The number of nitrogens with one attached hydrogen (secondary N) is 3. The maximum absolute atomic E-state index is 13.2. The Hall–Kier alpha value is -4.00. The predicted octanol–water partition coefficient (Wildman–Crippen LogP) is 1.35. The van der Waals surface area contributed by atoms with Crippen molar-refractivity contribution in [2.75, 3.05) is 13.2 Å². The van der Waals surface area contributed by atoms with Crippen molar-refractivity contribution in [1.29, 1.82) is 0 Å². The molecule has 0 bridgehead atoms. The van der Waals surface area contributed by atoms with Crippen LogP contribution in [0.5, 0.6) is 0 Å². The molecular formula is C32H41N3O9. The molecule has 12 nitrogen and oxygen atoms in total. The van der Waals surface area contributed by atoms with E-state index in [-0.39, 0.29) is 18.9 Å². The van der Waals surface area contributed by atoms with Gasteiger partial charge in [0.1, 0.15) is 24.4 Å². The third kappa shape index (κ3) is 7.74. The number of amides is 3. The molecule has 12 heteroatoms. The van der Waals surface area contributed by atoms with E-state index in [2.05, 4.69) is 16.0 Å². The summed E-state index contributed by atoms with van der Waals surface area (Å²) in [4.78, 5) is 51.0. The van der Waals surface area contributed by atoms with Gasteiger partial charge in [-0.1, -0.05) is 48.5 Å². The first-order valence-electron chi connectivity index (χ1n) is 14.7. The number of carbonyl (C=O) groups excluding carboxylic acids is 4. The van der Waals surface area contributed by atoms with Crippen molar-refractivity contribution in [3.8, 4) is 11.1 Å². The predicted molar refractivity (Wildman–Crippen MR) is 159 cm³/mol. The molecule has 6 N–H and O–H groups in total. The molecule has 44 heavy (non-hydrogen) atoms. The van der Waals surface area contributed by atoms with Gasteiger partial charge in [-0.05, 0) is 49.4 Å². The van der Waals surface area contributed by atoms with Crippen molar-refractivity contribution in [2.45, 2.75) is 82.4 Å². The van der Waals surface area contributed by atoms with E-state index < -0.39 is 78.8 Å². The summed E-state index contributed by atoms with van der Waals surface area (Å²) in [6.07, 6.45) is -4.19. The van der Waals surface area contributed by atoms with E-state index >= 15 is 0 Å². The van der Waals surface area contributed by atoms with Gasteiger partial charge in [0.25, 0.3) is 0 Å². The number of aliphatic hydroxyl groups is 3. The smallest absolute Gasteiger partial charge is 0.407 e. The van der Waals surface area contributed by atoms with Crippen LogP contribution in [0.4, 0.5) is 4.79 Å². The number of alkyl carbamates (subject to hydrolysis) is 1. The van der Waals surface area contributed by atoms with Gasteiger partial charge in [-0.3, -0.25) is 9.59 Å². The Kier molecular flexibility index (Phi) is 10.3. The summed E-state index contributed by atoms with van der Waals surface area (Å²) in [6, 6.07) is 12.4. The van der Waals surface area contributed by atoms with E-state index in [0.29, 0.717) is 0 Å². The quantitative estimate of drug-likeness (QED) is 0.228. The Balaban J connectivity index is 1.45. The van der Waals surface area contributed by atoms with Crippen molar-refractivity contribution in [2.24, 2.45) is 5.92 Å². The van der Waals surface area contributed by atoms with Gasteiger partial charge in [0.2, 0.25) is 11.8 Å². The highest BCUT2D eigenvalue weighted by Gasteiger charge is 2.44. The van der Waals surface area contributed by atoms with E-state index in [0.717, 1.165) is 22.3 Å². The Morgan fingerprint density at radius 1 is 0.932 bits per heavy atom. The van der Waals surface area contributed by atoms with Gasteiger partial charge in [0, 0.05) is 25.4 Å². The molecule has 0 saturated heterocycles. The van der Waals surface area contributed by atoms with Crippen molar-refractivity contribution >= 4 is 23.9 Å². The number of fused-ring (bicyclic) bond motifs is 3. The largest absolute Gasteiger partial charge is 0.458 e. The van der Waals surface area contributed by atoms with Crippen molar-refractivity contribution < 1.29 is 44.0 Å². The number of rotatable bonds is 9. The number of aliphatic hydroxyl groups excluding tert-OH is 3. The molecule has 6 atom stereocenters. The summed E-state index contributed by atoms with van der Waals surface area (Å²) >= 11 is 0. The average Bonchev–Trinajstić information content (AvgIpc) is 3.28. The molecule has 2 aliphatic rings. The number of hydrogen-bond donors (Lipinski definition) is 6. The van der Waals surface area contributed by atoms with Gasteiger partial charge in [-0.15, -0.1) is 0 Å². The molecule has 0 heterocycles. The van der Waals surface area contributed by atoms with E-state index in [1.807, 2.05) is 48.5 Å². The average molecular weight is 612 g/mol. The van der Waals surface area contributed by atoms with Gasteiger partial charge < -0.3 is 40.7 Å². The number of carbonyl (C=O) groups is 4. The summed E-state index contributed by atoms with van der Waals surface area (Å²) in [5, 5.41) is 38.3. The summed E-state index contributed by atoms with van der Waals surface area (Å²) in [5.74, 6) is -3.02. The molecule has 0 spiro atoms. The molecule has 0 aliphatic heterocycles. The fraction of sp³-hybridized carbons (Fsp3) is 0.500. The minimum atomic E-state index is -1.46. The summed E-state index contributed by atoms with van der Waals surface area (Å²) < 4.78 is 11.0. The molecule has 5 unspecified atom stereocenters. The lowest BCUT2D eigenvalue weighted by Crippen LogP contribution is -2.65. The van der Waals surface area contributed by atoms with Gasteiger partial charge in [0.05, 0.1) is 24.6 Å². The van der Waals surface area contributed by atoms with Crippen LogP contribution in [0.2, 0.25) is 0 Å². The topological polar surface area (TPSA) is 184 Å². The SMILES string of the molecule is CC(=O)NC1C(NC(=O)C[C@H](NC(=O)OCC2c3ccccc3-c3ccccc32)C(=O)OC(C)(C)C)CC(CO)C(O)C1O. The summed E-state index contributed by atoms with van der Waals surface area (Å²) in [5.41, 5.74) is 3.23. The van der Waals surface area contributed by atoms with Crippen LogP contribution in [0.25, 0.3) is 11.1 Å². The number of ether oxygens (including phenoxy) is 2. The highest BCUT2D eigenvalue weighted by atomic mass is 16.6. The lowest BCUT2D eigenvalue weighted by Gasteiger charge is -2.42. The Labute approximate surface area is 256 Å². The fourth-order valence-electron chi connectivity index (χ4n) is 5.89. The van der Waals surface area contributed by atoms with E-state index in [1.54, 1.807) is 20.8 Å². The first-order chi connectivity index (χ1) is 20.8. The Morgan fingerprint density at radius 3 is 2.07 bits per heavy atom. The minimum Gasteiger partial charge on any atom is -0.458 e. The van der Waals surface area contributed by atoms with Crippen LogP contribution < -0.4 is 16.0 Å². The number of hydrogen-bond acceptors (Lipinski definition) is 9. The molecule has 2 aromatic carbocycles. The van der Waals surface area contributed by atoms with E-state index in [1.165, 1.54) is 6.92 Å². The molecule has 2 aliphatic carbocycles. The number of esters is 1. The summed E-state index contributed by atoms with van der Waals surface area (Å²) in [7, 11) is 0. The second kappa shape index (κ2) is 13.7.